The Bertz CT molecular complexity index is 1260. The summed E-state index contributed by atoms with van der Waals surface area (Å²) >= 11 is 0. The Morgan fingerprint density at radius 3 is 2.68 bits per heavy atom. The summed E-state index contributed by atoms with van der Waals surface area (Å²) in [6.07, 6.45) is 2.10. The maximum absolute atomic E-state index is 14.4. The molecule has 2 bridgehead atoms. The number of ether oxygens (including phenoxy) is 2. The van der Waals surface area contributed by atoms with E-state index in [1.807, 2.05) is 56.3 Å². The molecule has 2 aromatic carbocycles. The summed E-state index contributed by atoms with van der Waals surface area (Å²) in [7, 11) is 0. The molecule has 0 aromatic heterocycles. The van der Waals surface area contributed by atoms with Crippen molar-refractivity contribution in [1.29, 1.82) is 0 Å². The quantitative estimate of drug-likeness (QED) is 0.437. The van der Waals surface area contributed by atoms with Crippen molar-refractivity contribution in [1.82, 2.24) is 4.90 Å². The van der Waals surface area contributed by atoms with Crippen molar-refractivity contribution < 1.29 is 29.0 Å². The molecule has 8 nitrogen and oxygen atoms in total. The normalized spacial score (nSPS) is 32.0. The fourth-order valence-corrected chi connectivity index (χ4v) is 6.90. The molecule has 3 aliphatic heterocycles. The maximum atomic E-state index is 14.4. The summed E-state index contributed by atoms with van der Waals surface area (Å²) in [5.41, 5.74) is -1.44. The average Bonchev–Trinajstić information content (AvgIpc) is 3.39. The van der Waals surface area contributed by atoms with Gasteiger partial charge in [0.15, 0.2) is 0 Å². The van der Waals surface area contributed by atoms with Gasteiger partial charge in [-0.15, -0.1) is 6.58 Å². The first kappa shape index (κ1) is 25.4. The molecule has 1 spiro atoms. The minimum Gasteiger partial charge on any atom is -0.466 e. The third-order valence-electron chi connectivity index (χ3n) is 8.55. The fourth-order valence-electron chi connectivity index (χ4n) is 6.90. The zero-order valence-corrected chi connectivity index (χ0v) is 21.6. The highest BCUT2D eigenvalue weighted by molar-refractivity contribution is 6.05. The van der Waals surface area contributed by atoms with E-state index in [4.69, 9.17) is 9.47 Å². The second kappa shape index (κ2) is 9.26. The molecule has 3 saturated heterocycles. The smallest absolute Gasteiger partial charge is 0.312 e. The Morgan fingerprint density at radius 1 is 1.27 bits per heavy atom. The van der Waals surface area contributed by atoms with Gasteiger partial charge in [0.05, 0.1) is 24.7 Å². The zero-order valence-electron chi connectivity index (χ0n) is 21.6. The number of rotatable bonds is 8. The van der Waals surface area contributed by atoms with Gasteiger partial charge in [-0.1, -0.05) is 43.3 Å². The van der Waals surface area contributed by atoms with Gasteiger partial charge in [0, 0.05) is 18.8 Å². The van der Waals surface area contributed by atoms with Crippen molar-refractivity contribution in [2.24, 2.45) is 17.8 Å². The number of hydrogen-bond donors (Lipinski definition) is 1. The predicted octanol–water partition coefficient (Wildman–Crippen LogP) is 2.92. The highest BCUT2D eigenvalue weighted by Gasteiger charge is 2.80. The number of aliphatic hydroxyl groups is 1. The van der Waals surface area contributed by atoms with Crippen LogP contribution in [0.2, 0.25) is 0 Å². The molecule has 0 radical (unpaired) electrons. The average molecular weight is 507 g/mol. The van der Waals surface area contributed by atoms with E-state index in [0.717, 1.165) is 10.8 Å². The van der Waals surface area contributed by atoms with Crippen molar-refractivity contribution in [2.75, 3.05) is 31.2 Å². The van der Waals surface area contributed by atoms with Crippen LogP contribution in [0.3, 0.4) is 0 Å². The van der Waals surface area contributed by atoms with E-state index in [-0.39, 0.29) is 44.0 Å². The molecular formula is C29H34N2O6. The topological polar surface area (TPSA) is 96.4 Å². The largest absolute Gasteiger partial charge is 0.466 e. The first-order chi connectivity index (χ1) is 17.7. The summed E-state index contributed by atoms with van der Waals surface area (Å²) in [4.78, 5) is 44.5. The number of β-amino-alcohol motifs (C(OH)–C–C–N with tert-alkyl or cyclic N) is 1. The number of esters is 1. The number of benzene rings is 2. The number of carbonyl (C=O) groups excluding carboxylic acids is 3. The molecule has 3 unspecified atom stereocenters. The van der Waals surface area contributed by atoms with Gasteiger partial charge in [-0.25, -0.2) is 0 Å². The van der Waals surface area contributed by atoms with Crippen molar-refractivity contribution in [3.63, 3.8) is 0 Å². The second-order valence-corrected chi connectivity index (χ2v) is 10.5. The molecule has 196 valence electrons. The molecule has 5 rings (SSSR count). The van der Waals surface area contributed by atoms with Gasteiger partial charge in [0.1, 0.15) is 17.6 Å². The maximum Gasteiger partial charge on any atom is 0.312 e. The number of amides is 2. The number of likely N-dealkylation sites (tertiary alicyclic amines) is 1. The Balaban J connectivity index is 1.61. The van der Waals surface area contributed by atoms with Crippen molar-refractivity contribution in [3.05, 3.63) is 55.1 Å². The fraction of sp³-hybridized carbons (Fsp3) is 0.483. The van der Waals surface area contributed by atoms with Crippen LogP contribution in [0.5, 0.6) is 0 Å². The lowest BCUT2D eigenvalue weighted by atomic mass is 9.62. The molecule has 0 aliphatic carbocycles. The van der Waals surface area contributed by atoms with Crippen molar-refractivity contribution in [3.8, 4) is 0 Å². The number of hydrogen-bond acceptors (Lipinski definition) is 6. The highest BCUT2D eigenvalue weighted by Crippen LogP contribution is 2.65. The third kappa shape index (κ3) is 3.61. The standard InChI is InChI=1S/C29H34N2O6/c1-5-13-30(21-12-11-19-9-7-8-10-20(19)16-21)26(34)24-29-17-18(3)28(4,37-29)23(27(35)36-6-2)22(29)25(33)31(24)14-15-32/h5,7-12,16,18,22-24,32H,1,6,13-15,17H2,2-4H3/t18?,22-,23-,24?,28+,29?/m0/s1. The van der Waals surface area contributed by atoms with Crippen molar-refractivity contribution in [2.45, 2.75) is 44.4 Å². The molecular weight excluding hydrogens is 472 g/mol. The van der Waals surface area contributed by atoms with E-state index in [1.165, 1.54) is 4.90 Å². The van der Waals surface area contributed by atoms with E-state index >= 15 is 0 Å². The summed E-state index contributed by atoms with van der Waals surface area (Å²) in [5, 5.41) is 11.9. The summed E-state index contributed by atoms with van der Waals surface area (Å²) in [5.74, 6) is -2.90. The van der Waals surface area contributed by atoms with Gasteiger partial charge in [-0.05, 0) is 49.1 Å². The van der Waals surface area contributed by atoms with Gasteiger partial charge >= 0.3 is 5.97 Å². The van der Waals surface area contributed by atoms with Crippen LogP contribution in [0, 0.1) is 17.8 Å². The monoisotopic (exact) mass is 506 g/mol. The summed E-state index contributed by atoms with van der Waals surface area (Å²) < 4.78 is 12.0. The Hall–Kier alpha value is -3.23. The van der Waals surface area contributed by atoms with Gasteiger partial charge in [-0.2, -0.15) is 0 Å². The van der Waals surface area contributed by atoms with Gasteiger partial charge in [0.25, 0.3) is 5.91 Å². The third-order valence-corrected chi connectivity index (χ3v) is 8.55. The first-order valence-corrected chi connectivity index (χ1v) is 12.9. The molecule has 1 N–H and O–H groups in total. The SMILES string of the molecule is C=CCN(C(=O)C1N(CCO)C(=O)[C@@H]2[C@@H](C(=O)OCC)[C@]3(C)OC12CC3C)c1ccc2ccccc2c1. The number of aliphatic hydroxyl groups excluding tert-OH is 1. The number of anilines is 1. The lowest BCUT2D eigenvalue weighted by Crippen LogP contribution is -2.57. The number of fused-ring (bicyclic) bond motifs is 2. The minimum atomic E-state index is -1.19. The van der Waals surface area contributed by atoms with Crippen LogP contribution < -0.4 is 4.90 Å². The zero-order chi connectivity index (χ0) is 26.5. The lowest BCUT2D eigenvalue weighted by molar-refractivity contribution is -0.161. The predicted molar refractivity (Wildman–Crippen MR) is 139 cm³/mol. The molecule has 3 heterocycles. The van der Waals surface area contributed by atoms with E-state index in [2.05, 4.69) is 6.58 Å². The molecule has 6 atom stereocenters. The van der Waals surface area contributed by atoms with Crippen LogP contribution in [0.15, 0.2) is 55.1 Å². The van der Waals surface area contributed by atoms with Crippen LogP contribution in [0.1, 0.15) is 27.2 Å². The minimum absolute atomic E-state index is 0.0306. The molecule has 2 amide bonds. The van der Waals surface area contributed by atoms with Crippen LogP contribution in [0.4, 0.5) is 5.69 Å². The van der Waals surface area contributed by atoms with Crippen LogP contribution in [0.25, 0.3) is 10.8 Å². The second-order valence-electron chi connectivity index (χ2n) is 10.5. The van der Waals surface area contributed by atoms with E-state index in [9.17, 15) is 19.5 Å². The molecule has 2 aromatic rings. The molecule has 3 fully saturated rings. The van der Waals surface area contributed by atoms with E-state index in [1.54, 1.807) is 17.9 Å². The lowest BCUT2D eigenvalue weighted by Gasteiger charge is -2.37. The number of nitrogens with zero attached hydrogens (tertiary/aromatic N) is 2. The Morgan fingerprint density at radius 2 is 2.00 bits per heavy atom. The molecule has 3 aliphatic rings. The van der Waals surface area contributed by atoms with E-state index < -0.39 is 35.0 Å². The van der Waals surface area contributed by atoms with Gasteiger partial charge in [-0.3, -0.25) is 14.4 Å². The van der Waals surface area contributed by atoms with Crippen LogP contribution >= 0.6 is 0 Å². The van der Waals surface area contributed by atoms with Crippen LogP contribution in [-0.4, -0.2) is 71.3 Å². The number of carbonyl (C=O) groups is 3. The van der Waals surface area contributed by atoms with Gasteiger partial charge < -0.3 is 24.4 Å². The van der Waals surface area contributed by atoms with Crippen molar-refractivity contribution >= 4 is 34.2 Å². The molecule has 0 saturated carbocycles. The Labute approximate surface area is 216 Å². The molecule has 8 heteroatoms. The van der Waals surface area contributed by atoms with Gasteiger partial charge in [0.2, 0.25) is 5.91 Å². The van der Waals surface area contributed by atoms with E-state index in [0.29, 0.717) is 12.1 Å². The first-order valence-electron chi connectivity index (χ1n) is 12.9. The Kier molecular flexibility index (Phi) is 6.36. The summed E-state index contributed by atoms with van der Waals surface area (Å²) in [6.45, 7) is 9.49. The highest BCUT2D eigenvalue weighted by atomic mass is 16.6. The summed E-state index contributed by atoms with van der Waals surface area (Å²) in [6, 6.07) is 12.7. The molecule has 37 heavy (non-hydrogen) atoms. The van der Waals surface area contributed by atoms with Crippen LogP contribution in [-0.2, 0) is 23.9 Å².